The van der Waals surface area contributed by atoms with E-state index in [9.17, 15) is 13.2 Å². The zero-order valence-electron chi connectivity index (χ0n) is 19.0. The van der Waals surface area contributed by atoms with E-state index in [0.29, 0.717) is 42.3 Å². The van der Waals surface area contributed by atoms with Gasteiger partial charge in [0.25, 0.3) is 0 Å². The Morgan fingerprint density at radius 1 is 1.06 bits per heavy atom. The zero-order chi connectivity index (χ0) is 23.6. The zero-order valence-corrected chi connectivity index (χ0v) is 19.8. The average Bonchev–Trinajstić information content (AvgIpc) is 3.18. The minimum absolute atomic E-state index is 0.0371. The van der Waals surface area contributed by atoms with Gasteiger partial charge >= 0.3 is 5.97 Å². The van der Waals surface area contributed by atoms with Crippen molar-refractivity contribution in [3.8, 4) is 11.5 Å². The molecule has 1 saturated heterocycles. The summed E-state index contributed by atoms with van der Waals surface area (Å²) in [6.45, 7) is 6.89. The van der Waals surface area contributed by atoms with Gasteiger partial charge in [-0.25, -0.2) is 18.2 Å². The molecule has 1 aliphatic rings. The second-order valence-electron chi connectivity index (χ2n) is 8.76. The highest BCUT2D eigenvalue weighted by Gasteiger charge is 2.31. The van der Waals surface area contributed by atoms with Crippen molar-refractivity contribution in [2.24, 2.45) is 11.8 Å². The average molecular weight is 469 g/mol. The molecule has 0 spiro atoms. The lowest BCUT2D eigenvalue weighted by Crippen LogP contribution is -2.42. The molecule has 8 heteroatoms. The summed E-state index contributed by atoms with van der Waals surface area (Å²) in [6.07, 6.45) is 1.02. The third kappa shape index (κ3) is 5.17. The smallest absolute Gasteiger partial charge is 0.338 e. The lowest BCUT2D eigenvalue weighted by molar-refractivity contribution is 0.0467. The molecule has 2 unspecified atom stereocenters. The second-order valence-corrected chi connectivity index (χ2v) is 10.7. The van der Waals surface area contributed by atoms with E-state index in [4.69, 9.17) is 9.15 Å². The molecule has 0 aliphatic carbocycles. The van der Waals surface area contributed by atoms with Gasteiger partial charge in [-0.05, 0) is 61.6 Å². The molecule has 0 bridgehead atoms. The highest BCUT2D eigenvalue weighted by molar-refractivity contribution is 7.89. The van der Waals surface area contributed by atoms with Crippen LogP contribution in [0.1, 0.15) is 42.1 Å². The topological polar surface area (TPSA) is 89.7 Å². The van der Waals surface area contributed by atoms with Gasteiger partial charge < -0.3 is 9.15 Å². The van der Waals surface area contributed by atoms with Crippen LogP contribution >= 0.6 is 0 Å². The maximum absolute atomic E-state index is 13.0. The van der Waals surface area contributed by atoms with Crippen molar-refractivity contribution in [1.29, 1.82) is 0 Å². The SMILES string of the molecule is Cc1oc(-c2ccccc2)nc1COC(=O)c1ccc(S(=O)(=O)N2CC(C)CC(C)C2)cc1. The first-order chi connectivity index (χ1) is 15.7. The molecule has 1 aromatic heterocycles. The minimum Gasteiger partial charge on any atom is -0.455 e. The number of esters is 1. The van der Waals surface area contributed by atoms with Crippen molar-refractivity contribution in [2.45, 2.75) is 38.7 Å². The Bertz CT molecular complexity index is 1210. The van der Waals surface area contributed by atoms with Crippen LogP contribution in [-0.4, -0.2) is 36.8 Å². The molecular weight excluding hydrogens is 440 g/mol. The minimum atomic E-state index is -3.60. The summed E-state index contributed by atoms with van der Waals surface area (Å²) in [5, 5.41) is 0. The quantitative estimate of drug-likeness (QED) is 0.488. The standard InChI is InChI=1S/C25H28N2O5S/c1-17-13-18(2)15-27(14-17)33(29,30)22-11-9-21(10-12-22)25(28)31-16-23-19(3)32-24(26-23)20-7-5-4-6-8-20/h4-12,17-18H,13-16H2,1-3H3. The van der Waals surface area contributed by atoms with Crippen molar-refractivity contribution < 1.29 is 22.4 Å². The summed E-state index contributed by atoms with van der Waals surface area (Å²) >= 11 is 0. The van der Waals surface area contributed by atoms with E-state index in [-0.39, 0.29) is 17.1 Å². The largest absolute Gasteiger partial charge is 0.455 e. The van der Waals surface area contributed by atoms with E-state index in [2.05, 4.69) is 18.8 Å². The van der Waals surface area contributed by atoms with Crippen LogP contribution in [0.2, 0.25) is 0 Å². The fourth-order valence-corrected chi connectivity index (χ4v) is 5.88. The summed E-state index contributed by atoms with van der Waals surface area (Å²) in [5.41, 5.74) is 1.65. The van der Waals surface area contributed by atoms with Crippen molar-refractivity contribution in [3.05, 3.63) is 71.6 Å². The number of hydrogen-bond acceptors (Lipinski definition) is 6. The number of aryl methyl sites for hydroxylation is 1. The Balaban J connectivity index is 1.41. The third-order valence-electron chi connectivity index (χ3n) is 5.82. The summed E-state index contributed by atoms with van der Waals surface area (Å²) in [5.74, 6) is 1.13. The van der Waals surface area contributed by atoms with E-state index in [1.54, 1.807) is 6.92 Å². The number of carbonyl (C=O) groups is 1. The molecule has 2 aromatic carbocycles. The van der Waals surface area contributed by atoms with Gasteiger partial charge in [-0.15, -0.1) is 0 Å². The molecule has 0 amide bonds. The van der Waals surface area contributed by atoms with Gasteiger partial charge in [0.05, 0.1) is 10.5 Å². The molecular formula is C25H28N2O5S. The molecule has 1 aliphatic heterocycles. The predicted octanol–water partition coefficient (Wildman–Crippen LogP) is 4.67. The first kappa shape index (κ1) is 23.2. The number of sulfonamides is 1. The summed E-state index contributed by atoms with van der Waals surface area (Å²) in [6, 6.07) is 15.4. The van der Waals surface area contributed by atoms with Crippen LogP contribution in [0, 0.1) is 18.8 Å². The number of ether oxygens (including phenoxy) is 1. The third-order valence-corrected chi connectivity index (χ3v) is 7.66. The van der Waals surface area contributed by atoms with Crippen LogP contribution in [0.3, 0.4) is 0 Å². The molecule has 2 heterocycles. The number of hydrogen-bond donors (Lipinski definition) is 0. The Morgan fingerprint density at radius 2 is 1.70 bits per heavy atom. The van der Waals surface area contributed by atoms with Crippen molar-refractivity contribution in [3.63, 3.8) is 0 Å². The van der Waals surface area contributed by atoms with E-state index < -0.39 is 16.0 Å². The van der Waals surface area contributed by atoms with Crippen molar-refractivity contribution >= 4 is 16.0 Å². The summed E-state index contributed by atoms with van der Waals surface area (Å²) in [7, 11) is -3.60. The first-order valence-electron chi connectivity index (χ1n) is 11.0. The van der Waals surface area contributed by atoms with Crippen LogP contribution in [0.4, 0.5) is 0 Å². The molecule has 0 radical (unpaired) electrons. The second kappa shape index (κ2) is 9.49. The van der Waals surface area contributed by atoms with E-state index >= 15 is 0 Å². The maximum Gasteiger partial charge on any atom is 0.338 e. The number of oxazole rings is 1. The fraction of sp³-hybridized carbons (Fsp3) is 0.360. The van der Waals surface area contributed by atoms with Gasteiger partial charge in [0, 0.05) is 18.7 Å². The van der Waals surface area contributed by atoms with E-state index in [0.717, 1.165) is 12.0 Å². The Kier molecular flexibility index (Phi) is 6.67. The normalized spacial score (nSPS) is 19.4. The molecule has 33 heavy (non-hydrogen) atoms. The first-order valence-corrected chi connectivity index (χ1v) is 12.5. The lowest BCUT2D eigenvalue weighted by Gasteiger charge is -2.34. The molecule has 3 aromatic rings. The number of aromatic nitrogens is 1. The highest BCUT2D eigenvalue weighted by Crippen LogP contribution is 2.27. The van der Waals surface area contributed by atoms with Crippen LogP contribution < -0.4 is 0 Å². The summed E-state index contributed by atoms with van der Waals surface area (Å²) in [4.78, 5) is 17.1. The molecule has 0 N–H and O–H groups in total. The van der Waals surface area contributed by atoms with E-state index in [1.165, 1.54) is 28.6 Å². The van der Waals surface area contributed by atoms with Gasteiger partial charge in [-0.2, -0.15) is 4.31 Å². The number of piperidine rings is 1. The Labute approximate surface area is 194 Å². The molecule has 7 nitrogen and oxygen atoms in total. The number of carbonyl (C=O) groups excluding carboxylic acids is 1. The predicted molar refractivity (Wildman–Crippen MR) is 124 cm³/mol. The fourth-order valence-electron chi connectivity index (χ4n) is 4.20. The number of rotatable bonds is 6. The van der Waals surface area contributed by atoms with Gasteiger partial charge in [0.15, 0.2) is 0 Å². The number of nitrogens with zero attached hydrogens (tertiary/aromatic N) is 2. The molecule has 0 saturated carbocycles. The van der Waals surface area contributed by atoms with Gasteiger partial charge in [-0.1, -0.05) is 32.0 Å². The van der Waals surface area contributed by atoms with Gasteiger partial charge in [0.1, 0.15) is 18.1 Å². The van der Waals surface area contributed by atoms with Crippen molar-refractivity contribution in [2.75, 3.05) is 13.1 Å². The van der Waals surface area contributed by atoms with Crippen LogP contribution in [-0.2, 0) is 21.4 Å². The van der Waals surface area contributed by atoms with Crippen molar-refractivity contribution in [1.82, 2.24) is 9.29 Å². The molecule has 174 valence electrons. The molecule has 1 fully saturated rings. The highest BCUT2D eigenvalue weighted by atomic mass is 32.2. The van der Waals surface area contributed by atoms with Crippen LogP contribution in [0.5, 0.6) is 0 Å². The van der Waals surface area contributed by atoms with Crippen LogP contribution in [0.25, 0.3) is 11.5 Å². The maximum atomic E-state index is 13.0. The van der Waals surface area contributed by atoms with Crippen LogP contribution in [0.15, 0.2) is 63.9 Å². The molecule has 4 rings (SSSR count). The Morgan fingerprint density at radius 3 is 2.33 bits per heavy atom. The van der Waals surface area contributed by atoms with Gasteiger partial charge in [0.2, 0.25) is 15.9 Å². The van der Waals surface area contributed by atoms with E-state index in [1.807, 2.05) is 30.3 Å². The molecule has 2 atom stereocenters. The Hall–Kier alpha value is -2.97. The monoisotopic (exact) mass is 468 g/mol. The lowest BCUT2D eigenvalue weighted by atomic mass is 9.94. The summed E-state index contributed by atoms with van der Waals surface area (Å²) < 4.78 is 38.7. The number of benzene rings is 2. The van der Waals surface area contributed by atoms with Gasteiger partial charge in [-0.3, -0.25) is 0 Å².